The minimum Gasteiger partial charge on any atom is -0.478 e. The molecule has 0 aromatic carbocycles. The summed E-state index contributed by atoms with van der Waals surface area (Å²) in [7, 11) is 0. The fourth-order valence-corrected chi connectivity index (χ4v) is 1.91. The predicted molar refractivity (Wildman–Crippen MR) is 80.5 cm³/mol. The molecule has 0 aliphatic heterocycles. The van der Waals surface area contributed by atoms with Gasteiger partial charge in [-0.15, -0.1) is 0 Å². The first-order chi connectivity index (χ1) is 9.36. The summed E-state index contributed by atoms with van der Waals surface area (Å²) in [5, 5.41) is 3.35. The highest BCUT2D eigenvalue weighted by Gasteiger charge is 1.98. The van der Waals surface area contributed by atoms with Crippen molar-refractivity contribution in [2.75, 3.05) is 13.2 Å². The molecule has 3 nitrogen and oxygen atoms in total. The molecule has 0 aliphatic carbocycles. The van der Waals surface area contributed by atoms with Crippen LogP contribution in [0.5, 0.6) is 5.88 Å². The van der Waals surface area contributed by atoms with Crippen molar-refractivity contribution in [2.45, 2.75) is 58.9 Å². The normalized spacial score (nSPS) is 10.6. The quantitative estimate of drug-likeness (QED) is 0.615. The van der Waals surface area contributed by atoms with E-state index >= 15 is 0 Å². The summed E-state index contributed by atoms with van der Waals surface area (Å²) in [5.74, 6) is 0.756. The van der Waals surface area contributed by atoms with Gasteiger partial charge in [0.1, 0.15) is 0 Å². The highest BCUT2D eigenvalue weighted by atomic mass is 16.5. The predicted octanol–water partition coefficient (Wildman–Crippen LogP) is 3.93. The van der Waals surface area contributed by atoms with Crippen molar-refractivity contribution in [1.82, 2.24) is 10.3 Å². The van der Waals surface area contributed by atoms with Crippen LogP contribution in [-0.2, 0) is 6.54 Å². The Kier molecular flexibility index (Phi) is 9.07. The number of nitrogens with one attached hydrogen (secondary N) is 1. The second-order valence-electron chi connectivity index (χ2n) is 4.91. The number of pyridine rings is 1. The molecule has 3 heteroatoms. The third-order valence-electron chi connectivity index (χ3n) is 3.01. The molecule has 1 N–H and O–H groups in total. The largest absolute Gasteiger partial charge is 0.478 e. The molecule has 1 heterocycles. The van der Waals surface area contributed by atoms with E-state index in [1.807, 2.05) is 18.2 Å². The van der Waals surface area contributed by atoms with Crippen molar-refractivity contribution in [3.8, 4) is 5.88 Å². The Bertz CT molecular complexity index is 328. The first kappa shape index (κ1) is 16.0. The number of nitrogens with zero attached hydrogens (tertiary/aromatic N) is 1. The van der Waals surface area contributed by atoms with Gasteiger partial charge in [0.25, 0.3) is 0 Å². The van der Waals surface area contributed by atoms with Crippen LogP contribution in [0.3, 0.4) is 0 Å². The number of ether oxygens (including phenoxy) is 1. The summed E-state index contributed by atoms with van der Waals surface area (Å²) >= 11 is 0. The molecule has 0 amide bonds. The molecule has 0 atom stereocenters. The minimum atomic E-state index is 0.756. The van der Waals surface area contributed by atoms with Crippen molar-refractivity contribution in [3.05, 3.63) is 23.9 Å². The van der Waals surface area contributed by atoms with Crippen LogP contribution in [0, 0.1) is 0 Å². The standard InChI is InChI=1S/C16H28N2O/c1-3-5-6-7-8-13-19-16-11-9-10-15(18-16)14-17-12-4-2/h9-11,17H,3-8,12-14H2,1-2H3. The van der Waals surface area contributed by atoms with E-state index in [0.717, 1.165) is 44.1 Å². The van der Waals surface area contributed by atoms with E-state index in [0.29, 0.717) is 0 Å². The van der Waals surface area contributed by atoms with Crippen LogP contribution in [0.1, 0.15) is 58.1 Å². The second-order valence-corrected chi connectivity index (χ2v) is 4.91. The molecule has 1 aromatic rings. The van der Waals surface area contributed by atoms with E-state index in [9.17, 15) is 0 Å². The van der Waals surface area contributed by atoms with Gasteiger partial charge in [0, 0.05) is 12.6 Å². The van der Waals surface area contributed by atoms with Crippen LogP contribution in [0.2, 0.25) is 0 Å². The van der Waals surface area contributed by atoms with E-state index in [1.165, 1.54) is 25.7 Å². The van der Waals surface area contributed by atoms with Gasteiger partial charge in [0.2, 0.25) is 5.88 Å². The van der Waals surface area contributed by atoms with Gasteiger partial charge < -0.3 is 10.1 Å². The fraction of sp³-hybridized carbons (Fsp3) is 0.688. The summed E-state index contributed by atoms with van der Waals surface area (Å²) in [6, 6.07) is 5.99. The summed E-state index contributed by atoms with van der Waals surface area (Å²) < 4.78 is 5.69. The van der Waals surface area contributed by atoms with Gasteiger partial charge in [0.15, 0.2) is 0 Å². The summed E-state index contributed by atoms with van der Waals surface area (Å²) in [5.41, 5.74) is 1.05. The highest BCUT2D eigenvalue weighted by Crippen LogP contribution is 2.09. The third kappa shape index (κ3) is 7.83. The smallest absolute Gasteiger partial charge is 0.213 e. The molecule has 0 aliphatic rings. The molecule has 0 bridgehead atoms. The number of unbranched alkanes of at least 4 members (excludes halogenated alkanes) is 4. The molecule has 0 spiro atoms. The van der Waals surface area contributed by atoms with Crippen LogP contribution < -0.4 is 10.1 Å². The Morgan fingerprint density at radius 2 is 1.89 bits per heavy atom. The SMILES string of the molecule is CCCCCCCOc1cccc(CNCCC)n1. The zero-order valence-electron chi connectivity index (χ0n) is 12.5. The lowest BCUT2D eigenvalue weighted by Crippen LogP contribution is -2.15. The number of rotatable bonds is 11. The Morgan fingerprint density at radius 3 is 2.68 bits per heavy atom. The van der Waals surface area contributed by atoms with Gasteiger partial charge in [-0.2, -0.15) is 0 Å². The molecule has 1 rings (SSSR count). The topological polar surface area (TPSA) is 34.1 Å². The minimum absolute atomic E-state index is 0.756. The number of aromatic nitrogens is 1. The maximum atomic E-state index is 5.69. The third-order valence-corrected chi connectivity index (χ3v) is 3.01. The van der Waals surface area contributed by atoms with Crippen molar-refractivity contribution in [2.24, 2.45) is 0 Å². The van der Waals surface area contributed by atoms with Crippen LogP contribution >= 0.6 is 0 Å². The molecular weight excluding hydrogens is 236 g/mol. The first-order valence-electron chi connectivity index (χ1n) is 7.66. The van der Waals surface area contributed by atoms with Gasteiger partial charge in [-0.25, -0.2) is 4.98 Å². The zero-order valence-corrected chi connectivity index (χ0v) is 12.5. The van der Waals surface area contributed by atoms with E-state index in [2.05, 4.69) is 24.1 Å². The van der Waals surface area contributed by atoms with Gasteiger partial charge in [-0.05, 0) is 25.5 Å². The Balaban J connectivity index is 2.20. The van der Waals surface area contributed by atoms with Gasteiger partial charge in [-0.3, -0.25) is 0 Å². The molecular formula is C16H28N2O. The average molecular weight is 264 g/mol. The van der Waals surface area contributed by atoms with Crippen LogP contribution in [0.4, 0.5) is 0 Å². The monoisotopic (exact) mass is 264 g/mol. The Labute approximate surface area is 117 Å². The van der Waals surface area contributed by atoms with Gasteiger partial charge in [0.05, 0.1) is 12.3 Å². The van der Waals surface area contributed by atoms with Crippen LogP contribution in [0.25, 0.3) is 0 Å². The van der Waals surface area contributed by atoms with Crippen molar-refractivity contribution in [3.63, 3.8) is 0 Å². The van der Waals surface area contributed by atoms with E-state index in [4.69, 9.17) is 4.74 Å². The molecule has 0 unspecified atom stereocenters. The summed E-state index contributed by atoms with van der Waals surface area (Å²) in [6.07, 6.45) is 7.46. The number of hydrogen-bond acceptors (Lipinski definition) is 3. The lowest BCUT2D eigenvalue weighted by Gasteiger charge is -2.07. The van der Waals surface area contributed by atoms with Crippen LogP contribution in [0.15, 0.2) is 18.2 Å². The van der Waals surface area contributed by atoms with Crippen molar-refractivity contribution < 1.29 is 4.74 Å². The Hall–Kier alpha value is -1.09. The van der Waals surface area contributed by atoms with E-state index < -0.39 is 0 Å². The van der Waals surface area contributed by atoms with Gasteiger partial charge >= 0.3 is 0 Å². The second kappa shape index (κ2) is 10.8. The molecule has 19 heavy (non-hydrogen) atoms. The summed E-state index contributed by atoms with van der Waals surface area (Å²) in [4.78, 5) is 4.49. The van der Waals surface area contributed by atoms with E-state index in [1.54, 1.807) is 0 Å². The fourth-order valence-electron chi connectivity index (χ4n) is 1.91. The maximum absolute atomic E-state index is 5.69. The zero-order chi connectivity index (χ0) is 13.8. The first-order valence-corrected chi connectivity index (χ1v) is 7.66. The summed E-state index contributed by atoms with van der Waals surface area (Å²) in [6.45, 7) is 7.03. The lowest BCUT2D eigenvalue weighted by molar-refractivity contribution is 0.292. The van der Waals surface area contributed by atoms with Crippen molar-refractivity contribution in [1.29, 1.82) is 0 Å². The van der Waals surface area contributed by atoms with Crippen LogP contribution in [-0.4, -0.2) is 18.1 Å². The Morgan fingerprint density at radius 1 is 1.05 bits per heavy atom. The lowest BCUT2D eigenvalue weighted by atomic mass is 10.2. The van der Waals surface area contributed by atoms with Crippen molar-refractivity contribution >= 4 is 0 Å². The molecule has 0 fully saturated rings. The van der Waals surface area contributed by atoms with Gasteiger partial charge in [-0.1, -0.05) is 45.6 Å². The molecule has 0 radical (unpaired) electrons. The molecule has 0 saturated heterocycles. The highest BCUT2D eigenvalue weighted by molar-refractivity contribution is 5.15. The molecule has 0 saturated carbocycles. The maximum Gasteiger partial charge on any atom is 0.213 e. The molecule has 1 aromatic heterocycles. The number of hydrogen-bond donors (Lipinski definition) is 1. The average Bonchev–Trinajstić information content (AvgIpc) is 2.43. The molecule has 108 valence electrons. The van der Waals surface area contributed by atoms with E-state index in [-0.39, 0.29) is 0 Å².